The Kier molecular flexibility index (Phi) is 5.99. The Morgan fingerprint density at radius 1 is 1.10 bits per heavy atom. The van der Waals surface area contributed by atoms with Gasteiger partial charge in [-0.25, -0.2) is 0 Å². The first-order chi connectivity index (χ1) is 9.31. The maximum Gasteiger partial charge on any atom is 0.323 e. The van der Waals surface area contributed by atoms with Crippen molar-refractivity contribution in [2.45, 2.75) is 47.1 Å². The maximum atomic E-state index is 12.2. The Balaban J connectivity index is 2.56. The average molecular weight is 284 g/mol. The van der Waals surface area contributed by atoms with Crippen LogP contribution < -0.4 is 0 Å². The zero-order valence-corrected chi connectivity index (χ0v) is 13.4. The molecule has 0 saturated carbocycles. The lowest BCUT2D eigenvalue weighted by Crippen LogP contribution is -2.55. The molecule has 5 heteroatoms. The molecule has 0 spiro atoms. The third-order valence-corrected chi connectivity index (χ3v) is 3.63. The predicted molar refractivity (Wildman–Crippen MR) is 78.3 cm³/mol. The van der Waals surface area contributed by atoms with Gasteiger partial charge in [0.1, 0.15) is 6.04 Å². The maximum absolute atomic E-state index is 12.2. The van der Waals surface area contributed by atoms with Crippen molar-refractivity contribution in [2.75, 3.05) is 32.8 Å². The molecular formula is C15H28N2O3. The van der Waals surface area contributed by atoms with Crippen molar-refractivity contribution in [1.82, 2.24) is 9.80 Å². The SMILES string of the molecule is CCOC(=O)C(CC)N1CCN(C(=O)C(C)(C)C)CC1. The lowest BCUT2D eigenvalue weighted by molar-refractivity contribution is -0.151. The van der Waals surface area contributed by atoms with Gasteiger partial charge in [-0.05, 0) is 13.3 Å². The van der Waals surface area contributed by atoms with E-state index in [2.05, 4.69) is 4.90 Å². The van der Waals surface area contributed by atoms with Crippen molar-refractivity contribution in [3.05, 3.63) is 0 Å². The topological polar surface area (TPSA) is 49.9 Å². The minimum atomic E-state index is -0.340. The van der Waals surface area contributed by atoms with E-state index < -0.39 is 0 Å². The molecule has 1 aliphatic rings. The fourth-order valence-corrected chi connectivity index (χ4v) is 2.52. The van der Waals surface area contributed by atoms with E-state index >= 15 is 0 Å². The smallest absolute Gasteiger partial charge is 0.323 e. The minimum absolute atomic E-state index is 0.148. The summed E-state index contributed by atoms with van der Waals surface area (Å²) in [4.78, 5) is 28.1. The highest BCUT2D eigenvalue weighted by atomic mass is 16.5. The number of hydrogen-bond donors (Lipinski definition) is 0. The van der Waals surface area contributed by atoms with Gasteiger partial charge in [-0.3, -0.25) is 14.5 Å². The Morgan fingerprint density at radius 3 is 2.05 bits per heavy atom. The van der Waals surface area contributed by atoms with Crippen LogP contribution in [0.5, 0.6) is 0 Å². The molecule has 1 amide bonds. The van der Waals surface area contributed by atoms with Crippen LogP contribution in [0.1, 0.15) is 41.0 Å². The van der Waals surface area contributed by atoms with Gasteiger partial charge < -0.3 is 9.64 Å². The molecule has 1 fully saturated rings. The number of rotatable bonds is 4. The van der Waals surface area contributed by atoms with E-state index in [4.69, 9.17) is 4.74 Å². The van der Waals surface area contributed by atoms with Crippen LogP contribution in [0, 0.1) is 5.41 Å². The number of carbonyl (C=O) groups excluding carboxylic acids is 2. The molecule has 0 radical (unpaired) electrons. The summed E-state index contributed by atoms with van der Waals surface area (Å²) in [5.41, 5.74) is -0.340. The number of ether oxygens (including phenoxy) is 1. The van der Waals surface area contributed by atoms with Crippen LogP contribution in [0.4, 0.5) is 0 Å². The van der Waals surface area contributed by atoms with Crippen LogP contribution in [0.25, 0.3) is 0 Å². The molecular weight excluding hydrogens is 256 g/mol. The summed E-state index contributed by atoms with van der Waals surface area (Å²) < 4.78 is 5.12. The Labute approximate surface area is 122 Å². The zero-order chi connectivity index (χ0) is 15.3. The van der Waals surface area contributed by atoms with E-state index in [1.165, 1.54) is 0 Å². The van der Waals surface area contributed by atoms with Gasteiger partial charge in [0.05, 0.1) is 6.61 Å². The first kappa shape index (κ1) is 17.0. The van der Waals surface area contributed by atoms with Crippen molar-refractivity contribution < 1.29 is 14.3 Å². The van der Waals surface area contributed by atoms with Gasteiger partial charge in [-0.1, -0.05) is 27.7 Å². The van der Waals surface area contributed by atoms with E-state index in [0.29, 0.717) is 19.7 Å². The van der Waals surface area contributed by atoms with Crippen LogP contribution in [0.15, 0.2) is 0 Å². The Morgan fingerprint density at radius 2 is 1.65 bits per heavy atom. The molecule has 0 aliphatic carbocycles. The summed E-state index contributed by atoms with van der Waals surface area (Å²) >= 11 is 0. The normalized spacial score (nSPS) is 18.8. The molecule has 1 heterocycles. The van der Waals surface area contributed by atoms with Gasteiger partial charge in [-0.2, -0.15) is 0 Å². The largest absolute Gasteiger partial charge is 0.465 e. The highest BCUT2D eigenvalue weighted by Crippen LogP contribution is 2.19. The van der Waals surface area contributed by atoms with E-state index in [-0.39, 0.29) is 23.3 Å². The van der Waals surface area contributed by atoms with Crippen molar-refractivity contribution in [3.63, 3.8) is 0 Å². The average Bonchev–Trinajstić information content (AvgIpc) is 2.39. The highest BCUT2D eigenvalue weighted by molar-refractivity contribution is 5.81. The Bertz CT molecular complexity index is 342. The number of nitrogens with zero attached hydrogens (tertiary/aromatic N) is 2. The van der Waals surface area contributed by atoms with E-state index in [1.54, 1.807) is 0 Å². The third-order valence-electron chi connectivity index (χ3n) is 3.63. The van der Waals surface area contributed by atoms with Crippen LogP contribution >= 0.6 is 0 Å². The summed E-state index contributed by atoms with van der Waals surface area (Å²) in [6.07, 6.45) is 0.742. The van der Waals surface area contributed by atoms with Crippen LogP contribution in [-0.4, -0.2) is 60.5 Å². The predicted octanol–water partition coefficient (Wildman–Crippen LogP) is 1.52. The molecule has 20 heavy (non-hydrogen) atoms. The van der Waals surface area contributed by atoms with Crippen molar-refractivity contribution in [1.29, 1.82) is 0 Å². The monoisotopic (exact) mass is 284 g/mol. The molecule has 1 saturated heterocycles. The first-order valence-electron chi connectivity index (χ1n) is 7.51. The second-order valence-corrected chi connectivity index (χ2v) is 6.25. The van der Waals surface area contributed by atoms with Gasteiger partial charge in [0.25, 0.3) is 0 Å². The van der Waals surface area contributed by atoms with E-state index in [1.807, 2.05) is 39.5 Å². The zero-order valence-electron chi connectivity index (χ0n) is 13.4. The summed E-state index contributed by atoms with van der Waals surface area (Å²) in [5.74, 6) is 0.0342. The lowest BCUT2D eigenvalue weighted by atomic mass is 9.94. The van der Waals surface area contributed by atoms with Crippen molar-refractivity contribution in [2.24, 2.45) is 5.41 Å². The summed E-state index contributed by atoms with van der Waals surface area (Å²) in [7, 11) is 0. The molecule has 5 nitrogen and oxygen atoms in total. The fraction of sp³-hybridized carbons (Fsp3) is 0.867. The molecule has 0 aromatic carbocycles. The molecule has 1 atom stereocenters. The van der Waals surface area contributed by atoms with Gasteiger partial charge in [0.15, 0.2) is 0 Å². The van der Waals surface area contributed by atoms with Crippen LogP contribution in [0.2, 0.25) is 0 Å². The second kappa shape index (κ2) is 7.07. The van der Waals surface area contributed by atoms with Gasteiger partial charge in [0, 0.05) is 31.6 Å². The summed E-state index contributed by atoms with van der Waals surface area (Å²) in [6, 6.07) is -0.179. The third kappa shape index (κ3) is 4.20. The number of amides is 1. The second-order valence-electron chi connectivity index (χ2n) is 6.25. The molecule has 116 valence electrons. The number of piperazine rings is 1. The van der Waals surface area contributed by atoms with Crippen LogP contribution in [-0.2, 0) is 14.3 Å². The molecule has 0 aromatic rings. The standard InChI is InChI=1S/C15H28N2O3/c1-6-12(13(18)20-7-2)16-8-10-17(11-9-16)14(19)15(3,4)5/h12H,6-11H2,1-5H3. The van der Waals surface area contributed by atoms with Crippen molar-refractivity contribution >= 4 is 11.9 Å². The van der Waals surface area contributed by atoms with E-state index in [9.17, 15) is 9.59 Å². The summed E-state index contributed by atoms with van der Waals surface area (Å²) in [5, 5.41) is 0. The molecule has 0 bridgehead atoms. The van der Waals surface area contributed by atoms with Crippen molar-refractivity contribution in [3.8, 4) is 0 Å². The van der Waals surface area contributed by atoms with Gasteiger partial charge in [0.2, 0.25) is 5.91 Å². The highest BCUT2D eigenvalue weighted by Gasteiger charge is 2.33. The van der Waals surface area contributed by atoms with Crippen LogP contribution in [0.3, 0.4) is 0 Å². The number of esters is 1. The van der Waals surface area contributed by atoms with Gasteiger partial charge in [-0.15, -0.1) is 0 Å². The quantitative estimate of drug-likeness (QED) is 0.734. The van der Waals surface area contributed by atoms with E-state index in [0.717, 1.165) is 19.5 Å². The Hall–Kier alpha value is -1.10. The molecule has 1 aliphatic heterocycles. The van der Waals surface area contributed by atoms with Gasteiger partial charge >= 0.3 is 5.97 Å². The first-order valence-corrected chi connectivity index (χ1v) is 7.51. The number of hydrogen-bond acceptors (Lipinski definition) is 4. The molecule has 0 N–H and O–H groups in total. The summed E-state index contributed by atoms with van der Waals surface area (Å²) in [6.45, 7) is 12.9. The minimum Gasteiger partial charge on any atom is -0.465 e. The molecule has 0 aromatic heterocycles. The fourth-order valence-electron chi connectivity index (χ4n) is 2.52. The molecule has 1 rings (SSSR count). The lowest BCUT2D eigenvalue weighted by Gasteiger charge is -2.40. The molecule has 1 unspecified atom stereocenters. The number of carbonyl (C=O) groups is 2.